The Morgan fingerprint density at radius 3 is 2.74 bits per heavy atom. The Morgan fingerprint density at radius 2 is 2.16 bits per heavy atom. The fraction of sp³-hybridized carbons (Fsp3) is 0.417. The minimum absolute atomic E-state index is 0.107. The van der Waals surface area contributed by atoms with Crippen molar-refractivity contribution in [3.63, 3.8) is 0 Å². The Balaban J connectivity index is 2.60. The predicted molar refractivity (Wildman–Crippen MR) is 76.3 cm³/mol. The van der Waals surface area contributed by atoms with E-state index in [0.29, 0.717) is 0 Å². The summed E-state index contributed by atoms with van der Waals surface area (Å²) in [6.07, 6.45) is -0.0396. The lowest BCUT2D eigenvalue weighted by molar-refractivity contribution is -0.137. The van der Waals surface area contributed by atoms with Crippen molar-refractivity contribution in [2.45, 2.75) is 25.8 Å². The van der Waals surface area contributed by atoms with E-state index in [1.165, 1.54) is 0 Å². The summed E-state index contributed by atoms with van der Waals surface area (Å²) in [4.78, 5) is 10.3. The van der Waals surface area contributed by atoms with Gasteiger partial charge in [0.15, 0.2) is 0 Å². The van der Waals surface area contributed by atoms with Gasteiger partial charge in [-0.3, -0.25) is 4.79 Å². The molecule has 0 aliphatic rings. The van der Waals surface area contributed by atoms with E-state index in [-0.39, 0.29) is 24.6 Å². The van der Waals surface area contributed by atoms with E-state index in [0.717, 1.165) is 10.0 Å². The SMILES string of the molecule is C[C@H](NS(=O)(=O)CCCC(=O)O)c1cccc(Br)c1. The Hall–Kier alpha value is -0.920. The number of aliphatic carboxylic acids is 1. The second-order valence-corrected chi connectivity index (χ2v) is 7.00. The van der Waals surface area contributed by atoms with E-state index < -0.39 is 16.0 Å². The molecule has 1 rings (SSSR count). The molecule has 5 nitrogen and oxygen atoms in total. The van der Waals surface area contributed by atoms with Gasteiger partial charge < -0.3 is 5.11 Å². The number of benzene rings is 1. The lowest BCUT2D eigenvalue weighted by Gasteiger charge is -2.14. The molecule has 0 heterocycles. The van der Waals surface area contributed by atoms with E-state index >= 15 is 0 Å². The third-order valence-corrected chi connectivity index (χ3v) is 4.54. The molecule has 106 valence electrons. The number of carboxylic acid groups (broad SMARTS) is 1. The molecule has 0 radical (unpaired) electrons. The molecule has 2 N–H and O–H groups in total. The molecule has 0 aliphatic heterocycles. The van der Waals surface area contributed by atoms with Crippen LogP contribution in [-0.2, 0) is 14.8 Å². The minimum atomic E-state index is -3.47. The lowest BCUT2D eigenvalue weighted by Crippen LogP contribution is -2.29. The second kappa shape index (κ2) is 7.02. The van der Waals surface area contributed by atoms with Gasteiger partial charge in [0.2, 0.25) is 10.0 Å². The summed E-state index contributed by atoms with van der Waals surface area (Å²) in [7, 11) is -3.47. The molecule has 0 aromatic heterocycles. The van der Waals surface area contributed by atoms with Crippen LogP contribution in [0.3, 0.4) is 0 Å². The summed E-state index contributed by atoms with van der Waals surface area (Å²) in [5.74, 6) is -1.17. The molecule has 7 heteroatoms. The molecule has 19 heavy (non-hydrogen) atoms. The standard InChI is InChI=1S/C12H16BrNO4S/c1-9(10-4-2-5-11(13)8-10)14-19(17,18)7-3-6-12(15)16/h2,4-5,8-9,14H,3,6-7H2,1H3,(H,15,16)/t9-/m0/s1. The summed E-state index contributed by atoms with van der Waals surface area (Å²) < 4.78 is 26.9. The zero-order chi connectivity index (χ0) is 14.5. The number of sulfonamides is 1. The maximum atomic E-state index is 11.8. The Labute approximate surface area is 121 Å². The van der Waals surface area contributed by atoms with Crippen molar-refractivity contribution in [2.75, 3.05) is 5.75 Å². The maximum absolute atomic E-state index is 11.8. The van der Waals surface area contributed by atoms with Gasteiger partial charge in [0, 0.05) is 16.9 Å². The molecule has 0 saturated heterocycles. The summed E-state index contributed by atoms with van der Waals surface area (Å²) in [5.41, 5.74) is 0.844. The van der Waals surface area contributed by atoms with Crippen LogP contribution in [0, 0.1) is 0 Å². The van der Waals surface area contributed by atoms with Gasteiger partial charge in [-0.05, 0) is 31.0 Å². The molecular weight excluding hydrogens is 334 g/mol. The smallest absolute Gasteiger partial charge is 0.303 e. The molecule has 0 bridgehead atoms. The molecule has 1 atom stereocenters. The fourth-order valence-corrected chi connectivity index (χ4v) is 3.32. The second-order valence-electron chi connectivity index (χ2n) is 4.21. The first kappa shape index (κ1) is 16.1. The molecule has 0 fully saturated rings. The highest BCUT2D eigenvalue weighted by Gasteiger charge is 2.16. The van der Waals surface area contributed by atoms with Crippen LogP contribution in [-0.4, -0.2) is 25.2 Å². The summed E-state index contributed by atoms with van der Waals surface area (Å²) >= 11 is 3.33. The van der Waals surface area contributed by atoms with Gasteiger partial charge >= 0.3 is 5.97 Å². The van der Waals surface area contributed by atoms with Crippen LogP contribution in [0.4, 0.5) is 0 Å². The van der Waals surface area contributed by atoms with E-state index in [1.54, 1.807) is 6.92 Å². The van der Waals surface area contributed by atoms with Gasteiger partial charge in [-0.2, -0.15) is 0 Å². The van der Waals surface area contributed by atoms with Gasteiger partial charge in [0.25, 0.3) is 0 Å². The van der Waals surface area contributed by atoms with E-state index in [1.807, 2.05) is 24.3 Å². The third kappa shape index (κ3) is 6.17. The van der Waals surface area contributed by atoms with Crippen molar-refractivity contribution in [2.24, 2.45) is 0 Å². The number of hydrogen-bond donors (Lipinski definition) is 2. The summed E-state index contributed by atoms with van der Waals surface area (Å²) in [5, 5.41) is 8.48. The van der Waals surface area contributed by atoms with Gasteiger partial charge in [-0.1, -0.05) is 28.1 Å². The molecule has 0 saturated carbocycles. The van der Waals surface area contributed by atoms with Crippen molar-refractivity contribution in [3.05, 3.63) is 34.3 Å². The van der Waals surface area contributed by atoms with Crippen LogP contribution in [0.2, 0.25) is 0 Å². The summed E-state index contributed by atoms with van der Waals surface area (Å²) in [6, 6.07) is 7.00. The normalized spacial score (nSPS) is 13.2. The van der Waals surface area contributed by atoms with Crippen molar-refractivity contribution in [3.8, 4) is 0 Å². The zero-order valence-corrected chi connectivity index (χ0v) is 12.9. The average molecular weight is 350 g/mol. The van der Waals surface area contributed by atoms with Gasteiger partial charge in [-0.15, -0.1) is 0 Å². The van der Waals surface area contributed by atoms with Crippen LogP contribution < -0.4 is 4.72 Å². The number of nitrogens with one attached hydrogen (secondary N) is 1. The number of hydrogen-bond acceptors (Lipinski definition) is 3. The monoisotopic (exact) mass is 349 g/mol. The molecule has 0 unspecified atom stereocenters. The molecule has 1 aromatic carbocycles. The predicted octanol–water partition coefficient (Wildman–Crippen LogP) is 2.29. The number of halogens is 1. The van der Waals surface area contributed by atoms with E-state index in [4.69, 9.17) is 5.11 Å². The topological polar surface area (TPSA) is 83.5 Å². The highest BCUT2D eigenvalue weighted by molar-refractivity contribution is 9.10. The zero-order valence-electron chi connectivity index (χ0n) is 10.5. The molecule has 0 spiro atoms. The number of carbonyl (C=O) groups is 1. The minimum Gasteiger partial charge on any atom is -0.481 e. The Bertz CT molecular complexity index is 544. The average Bonchev–Trinajstić information content (AvgIpc) is 2.27. The third-order valence-electron chi connectivity index (χ3n) is 2.51. The maximum Gasteiger partial charge on any atom is 0.303 e. The van der Waals surface area contributed by atoms with Crippen LogP contribution in [0.25, 0.3) is 0 Å². The van der Waals surface area contributed by atoms with Crippen molar-refractivity contribution in [1.29, 1.82) is 0 Å². The summed E-state index contributed by atoms with van der Waals surface area (Å²) in [6.45, 7) is 1.75. The van der Waals surface area contributed by atoms with Gasteiger partial charge in [0.1, 0.15) is 0 Å². The quantitative estimate of drug-likeness (QED) is 0.790. The van der Waals surface area contributed by atoms with Gasteiger partial charge in [0.05, 0.1) is 5.75 Å². The molecular formula is C12H16BrNO4S. The fourth-order valence-electron chi connectivity index (χ4n) is 1.59. The first-order chi connectivity index (χ1) is 8.80. The van der Waals surface area contributed by atoms with Crippen LogP contribution in [0.5, 0.6) is 0 Å². The van der Waals surface area contributed by atoms with Crippen LogP contribution in [0.1, 0.15) is 31.4 Å². The first-order valence-corrected chi connectivity index (χ1v) is 8.22. The molecule has 0 amide bonds. The largest absolute Gasteiger partial charge is 0.481 e. The van der Waals surface area contributed by atoms with Crippen LogP contribution in [0.15, 0.2) is 28.7 Å². The number of carboxylic acids is 1. The lowest BCUT2D eigenvalue weighted by atomic mass is 10.1. The van der Waals surface area contributed by atoms with E-state index in [2.05, 4.69) is 20.7 Å². The van der Waals surface area contributed by atoms with Crippen molar-refractivity contribution in [1.82, 2.24) is 4.72 Å². The van der Waals surface area contributed by atoms with Crippen LogP contribution >= 0.6 is 15.9 Å². The number of rotatable bonds is 7. The Kier molecular flexibility index (Phi) is 5.96. The highest BCUT2D eigenvalue weighted by Crippen LogP contribution is 2.18. The van der Waals surface area contributed by atoms with Gasteiger partial charge in [-0.25, -0.2) is 13.1 Å². The first-order valence-electron chi connectivity index (χ1n) is 5.77. The molecule has 1 aromatic rings. The van der Waals surface area contributed by atoms with Crippen molar-refractivity contribution >= 4 is 31.9 Å². The Morgan fingerprint density at radius 1 is 1.47 bits per heavy atom. The highest BCUT2D eigenvalue weighted by atomic mass is 79.9. The molecule has 0 aliphatic carbocycles. The van der Waals surface area contributed by atoms with E-state index in [9.17, 15) is 13.2 Å². The van der Waals surface area contributed by atoms with Crippen molar-refractivity contribution < 1.29 is 18.3 Å².